The lowest BCUT2D eigenvalue weighted by Crippen LogP contribution is -3.12. The molecule has 2 fully saturated rings. The molecule has 2 aliphatic heterocycles. The first kappa shape index (κ1) is 20.2. The molecule has 2 aliphatic rings. The molecule has 2 heterocycles. The number of hydrogen-bond acceptors (Lipinski definition) is 5. The normalized spacial score (nSPS) is 29.4. The van der Waals surface area contributed by atoms with Crippen LogP contribution in [0.3, 0.4) is 0 Å². The van der Waals surface area contributed by atoms with Gasteiger partial charge in [-0.25, -0.2) is 0 Å². The van der Waals surface area contributed by atoms with Crippen molar-refractivity contribution in [3.63, 3.8) is 0 Å². The highest BCUT2D eigenvalue weighted by Crippen LogP contribution is 2.34. The Bertz CT molecular complexity index is 606. The zero-order valence-electron chi connectivity index (χ0n) is 17.4. The lowest BCUT2D eigenvalue weighted by atomic mass is 10.0. The van der Waals surface area contributed by atoms with Gasteiger partial charge in [0, 0.05) is 38.0 Å². The fourth-order valence-electron chi connectivity index (χ4n) is 4.57. The summed E-state index contributed by atoms with van der Waals surface area (Å²) in [5.74, 6) is 2.35. The van der Waals surface area contributed by atoms with Gasteiger partial charge in [-0.1, -0.05) is 0 Å². The summed E-state index contributed by atoms with van der Waals surface area (Å²) in [7, 11) is 5.05. The zero-order valence-corrected chi connectivity index (χ0v) is 17.4. The van der Waals surface area contributed by atoms with Crippen LogP contribution in [0.2, 0.25) is 0 Å². The predicted octanol–water partition coefficient (Wildman–Crippen LogP) is 1.37. The van der Waals surface area contributed by atoms with Gasteiger partial charge in [0.05, 0.1) is 52.2 Å². The Hall–Kier alpha value is -1.50. The van der Waals surface area contributed by atoms with Crippen LogP contribution in [0.25, 0.3) is 0 Å². The number of nitrogens with one attached hydrogen (secondary N) is 1. The van der Waals surface area contributed by atoms with Crippen LogP contribution in [0, 0.1) is 0 Å². The van der Waals surface area contributed by atoms with Gasteiger partial charge in [0.2, 0.25) is 0 Å². The van der Waals surface area contributed by atoms with Crippen LogP contribution in [-0.2, 0) is 11.3 Å². The Morgan fingerprint density at radius 3 is 2.04 bits per heavy atom. The third-order valence-corrected chi connectivity index (χ3v) is 5.85. The summed E-state index contributed by atoms with van der Waals surface area (Å²) >= 11 is 0. The van der Waals surface area contributed by atoms with Crippen LogP contribution < -0.4 is 19.1 Å². The summed E-state index contributed by atoms with van der Waals surface area (Å²) in [6.07, 6.45) is 3.17. The molecule has 0 amide bonds. The molecule has 0 aromatic heterocycles. The van der Waals surface area contributed by atoms with Gasteiger partial charge < -0.3 is 23.8 Å². The van der Waals surface area contributed by atoms with E-state index in [4.69, 9.17) is 18.9 Å². The van der Waals surface area contributed by atoms with E-state index in [9.17, 15) is 0 Å². The molecule has 2 saturated heterocycles. The SMILES string of the molecule is COc1cc(OC)c(OC)cc1C[NH+]1CCC(N2C[C@@H](C)O[C@H](C)C2)CC1. The highest BCUT2D eigenvalue weighted by molar-refractivity contribution is 5.50. The molecule has 0 saturated carbocycles. The van der Waals surface area contributed by atoms with E-state index in [2.05, 4.69) is 24.8 Å². The van der Waals surface area contributed by atoms with Crippen molar-refractivity contribution in [1.29, 1.82) is 0 Å². The number of hydrogen-bond donors (Lipinski definition) is 1. The van der Waals surface area contributed by atoms with Gasteiger partial charge in [0.1, 0.15) is 12.3 Å². The first-order valence-electron chi connectivity index (χ1n) is 10.1. The summed E-state index contributed by atoms with van der Waals surface area (Å²) in [5.41, 5.74) is 1.18. The van der Waals surface area contributed by atoms with Crippen molar-refractivity contribution < 1.29 is 23.8 Å². The van der Waals surface area contributed by atoms with Crippen molar-refractivity contribution in [1.82, 2.24) is 4.90 Å². The average Bonchev–Trinajstić information content (AvgIpc) is 2.67. The number of ether oxygens (including phenoxy) is 4. The first-order chi connectivity index (χ1) is 13.0. The molecule has 1 aromatic rings. The number of quaternary nitrogens is 1. The van der Waals surface area contributed by atoms with E-state index < -0.39 is 0 Å². The summed E-state index contributed by atoms with van der Waals surface area (Å²) in [5, 5.41) is 0. The minimum absolute atomic E-state index is 0.343. The maximum Gasteiger partial charge on any atom is 0.164 e. The molecule has 1 aromatic carbocycles. The Morgan fingerprint density at radius 1 is 0.926 bits per heavy atom. The molecular formula is C21H35N2O4+. The number of rotatable bonds is 6. The molecule has 0 radical (unpaired) electrons. The average molecular weight is 380 g/mol. The van der Waals surface area contributed by atoms with E-state index >= 15 is 0 Å². The molecule has 0 spiro atoms. The number of methoxy groups -OCH3 is 3. The Balaban J connectivity index is 1.60. The molecule has 3 rings (SSSR count). The first-order valence-corrected chi connectivity index (χ1v) is 10.1. The van der Waals surface area contributed by atoms with E-state index in [1.54, 1.807) is 26.2 Å². The van der Waals surface area contributed by atoms with Crippen molar-refractivity contribution in [2.45, 2.75) is 51.5 Å². The number of piperidine rings is 1. The third kappa shape index (κ3) is 4.86. The molecule has 0 unspecified atom stereocenters. The minimum Gasteiger partial charge on any atom is -0.496 e. The summed E-state index contributed by atoms with van der Waals surface area (Å²) < 4.78 is 22.4. The molecule has 0 aliphatic carbocycles. The zero-order chi connectivity index (χ0) is 19.4. The van der Waals surface area contributed by atoms with Gasteiger partial charge in [-0.15, -0.1) is 0 Å². The van der Waals surface area contributed by atoms with Crippen molar-refractivity contribution in [3.8, 4) is 17.2 Å². The highest BCUT2D eigenvalue weighted by atomic mass is 16.5. The molecule has 152 valence electrons. The molecule has 6 heteroatoms. The van der Waals surface area contributed by atoms with Crippen LogP contribution in [-0.4, -0.2) is 70.7 Å². The van der Waals surface area contributed by atoms with Crippen LogP contribution in [0.4, 0.5) is 0 Å². The van der Waals surface area contributed by atoms with Gasteiger partial charge in [-0.05, 0) is 19.9 Å². The van der Waals surface area contributed by atoms with E-state index in [-0.39, 0.29) is 0 Å². The number of benzene rings is 1. The van der Waals surface area contributed by atoms with Gasteiger partial charge >= 0.3 is 0 Å². The molecule has 0 bridgehead atoms. The number of likely N-dealkylation sites (tertiary alicyclic amines) is 1. The van der Waals surface area contributed by atoms with E-state index in [0.29, 0.717) is 24.0 Å². The summed E-state index contributed by atoms with van der Waals surface area (Å²) in [6, 6.07) is 4.67. The summed E-state index contributed by atoms with van der Waals surface area (Å²) in [6.45, 7) is 9.82. The standard InChI is InChI=1S/C21H34N2O4/c1-15-12-23(13-16(2)27-15)18-6-8-22(9-7-18)14-17-10-20(25-4)21(26-5)11-19(17)24-3/h10-11,15-16,18H,6-9,12-14H2,1-5H3/p+1/t15-,16-/m1/s1. The van der Waals surface area contributed by atoms with Gasteiger partial charge in [0.15, 0.2) is 11.5 Å². The van der Waals surface area contributed by atoms with Crippen molar-refractivity contribution in [2.75, 3.05) is 47.5 Å². The van der Waals surface area contributed by atoms with E-state index in [1.807, 2.05) is 6.07 Å². The second-order valence-corrected chi connectivity index (χ2v) is 7.89. The molecular weight excluding hydrogens is 344 g/mol. The van der Waals surface area contributed by atoms with Crippen molar-refractivity contribution in [2.24, 2.45) is 0 Å². The quantitative estimate of drug-likeness (QED) is 0.809. The van der Waals surface area contributed by atoms with Crippen molar-refractivity contribution >= 4 is 0 Å². The van der Waals surface area contributed by atoms with Crippen LogP contribution in [0.5, 0.6) is 17.2 Å². The monoisotopic (exact) mass is 379 g/mol. The van der Waals surface area contributed by atoms with E-state index in [1.165, 1.54) is 31.5 Å². The van der Waals surface area contributed by atoms with E-state index in [0.717, 1.165) is 31.1 Å². The molecule has 2 atom stereocenters. The summed E-state index contributed by atoms with van der Waals surface area (Å²) in [4.78, 5) is 4.25. The Morgan fingerprint density at radius 2 is 1.48 bits per heavy atom. The topological polar surface area (TPSA) is 44.6 Å². The number of nitrogens with zero attached hydrogens (tertiary/aromatic N) is 1. The second kappa shape index (κ2) is 9.13. The fraction of sp³-hybridized carbons (Fsp3) is 0.714. The van der Waals surface area contributed by atoms with Gasteiger partial charge in [-0.3, -0.25) is 4.90 Å². The highest BCUT2D eigenvalue weighted by Gasteiger charge is 2.32. The molecule has 1 N–H and O–H groups in total. The minimum atomic E-state index is 0.343. The Kier molecular flexibility index (Phi) is 6.84. The van der Waals surface area contributed by atoms with Crippen LogP contribution in [0.15, 0.2) is 12.1 Å². The third-order valence-electron chi connectivity index (χ3n) is 5.85. The lowest BCUT2D eigenvalue weighted by molar-refractivity contribution is -0.919. The molecule has 27 heavy (non-hydrogen) atoms. The Labute approximate surface area is 163 Å². The number of morpholine rings is 1. The molecule has 6 nitrogen and oxygen atoms in total. The van der Waals surface area contributed by atoms with Crippen LogP contribution in [0.1, 0.15) is 32.3 Å². The van der Waals surface area contributed by atoms with Gasteiger partial charge in [-0.2, -0.15) is 0 Å². The maximum absolute atomic E-state index is 5.89. The van der Waals surface area contributed by atoms with Crippen LogP contribution >= 0.6 is 0 Å². The van der Waals surface area contributed by atoms with Crippen molar-refractivity contribution in [3.05, 3.63) is 17.7 Å². The van der Waals surface area contributed by atoms with Gasteiger partial charge in [0.25, 0.3) is 0 Å². The predicted molar refractivity (Wildman–Crippen MR) is 105 cm³/mol. The largest absolute Gasteiger partial charge is 0.496 e. The maximum atomic E-state index is 5.89. The fourth-order valence-corrected chi connectivity index (χ4v) is 4.57. The smallest absolute Gasteiger partial charge is 0.164 e. The lowest BCUT2D eigenvalue weighted by Gasteiger charge is -2.42. The second-order valence-electron chi connectivity index (χ2n) is 7.89.